The van der Waals surface area contributed by atoms with Crippen molar-refractivity contribution in [2.24, 2.45) is 0 Å². The Morgan fingerprint density at radius 1 is 1.12 bits per heavy atom. The summed E-state index contributed by atoms with van der Waals surface area (Å²) in [7, 11) is 1.65. The molecule has 0 bridgehead atoms. The lowest BCUT2D eigenvalue weighted by molar-refractivity contribution is -0.133. The summed E-state index contributed by atoms with van der Waals surface area (Å²) < 4.78 is 1.50. The molecule has 0 spiro atoms. The van der Waals surface area contributed by atoms with E-state index in [1.165, 1.54) is 34.1 Å². The summed E-state index contributed by atoms with van der Waals surface area (Å²) in [5.74, 6) is -0.800. The molecule has 0 unspecified atom stereocenters. The van der Waals surface area contributed by atoms with E-state index in [2.05, 4.69) is 15.7 Å². The number of hydrogen-bond acceptors (Lipinski definition) is 4. The molecule has 1 atom stereocenters. The van der Waals surface area contributed by atoms with Crippen molar-refractivity contribution < 1.29 is 14.4 Å². The molecular weight excluding hydrogens is 430 g/mol. The molecule has 0 saturated heterocycles. The number of amides is 3. The highest BCUT2D eigenvalue weighted by Crippen LogP contribution is 2.27. The van der Waals surface area contributed by atoms with E-state index >= 15 is 0 Å². The van der Waals surface area contributed by atoms with Gasteiger partial charge in [-0.05, 0) is 38.7 Å². The highest BCUT2D eigenvalue weighted by molar-refractivity contribution is 6.01. The number of fused-ring (bicyclic) bond motifs is 1. The van der Waals surface area contributed by atoms with E-state index < -0.39 is 5.54 Å². The second kappa shape index (κ2) is 9.99. The Balaban J connectivity index is 1.42. The number of aromatic nitrogens is 2. The second-order valence-electron chi connectivity index (χ2n) is 9.86. The quantitative estimate of drug-likeness (QED) is 0.641. The summed E-state index contributed by atoms with van der Waals surface area (Å²) in [5, 5.41) is 10.4. The standard InChI is InChI=1S/C26H35N5O3/c1-18-10-12-19(13-11-18)14-15-27-23(32)21-16-22-24(33)30(3)26(2,17-31(22)29-21)25(34)28-20-8-6-4-5-7-9-20/h10-13,16,20H,4-9,14-15,17H2,1-3H3,(H,27,32)(H,28,34)/t26-/m0/s1. The third kappa shape index (κ3) is 5.00. The predicted molar refractivity (Wildman–Crippen MR) is 130 cm³/mol. The van der Waals surface area contributed by atoms with Gasteiger partial charge in [-0.3, -0.25) is 19.1 Å². The number of carbonyl (C=O) groups excluding carboxylic acids is 3. The van der Waals surface area contributed by atoms with Crippen molar-refractivity contribution in [3.8, 4) is 0 Å². The van der Waals surface area contributed by atoms with Crippen molar-refractivity contribution in [1.29, 1.82) is 0 Å². The highest BCUT2D eigenvalue weighted by Gasteiger charge is 2.46. The number of nitrogens with one attached hydrogen (secondary N) is 2. The van der Waals surface area contributed by atoms with Crippen LogP contribution in [-0.2, 0) is 17.8 Å². The molecule has 8 heteroatoms. The summed E-state index contributed by atoms with van der Waals surface area (Å²) in [6, 6.07) is 9.85. The van der Waals surface area contributed by atoms with E-state index in [1.807, 2.05) is 31.2 Å². The van der Waals surface area contributed by atoms with Crippen LogP contribution in [0.5, 0.6) is 0 Å². The number of hydrogen-bond donors (Lipinski definition) is 2. The van der Waals surface area contributed by atoms with Crippen LogP contribution in [-0.4, -0.2) is 57.6 Å². The fraction of sp³-hybridized carbons (Fsp3) is 0.538. The van der Waals surface area contributed by atoms with Gasteiger partial charge in [0.2, 0.25) is 5.91 Å². The zero-order valence-electron chi connectivity index (χ0n) is 20.4. The van der Waals surface area contributed by atoms with E-state index in [9.17, 15) is 14.4 Å². The van der Waals surface area contributed by atoms with Gasteiger partial charge < -0.3 is 15.5 Å². The topological polar surface area (TPSA) is 96.3 Å². The van der Waals surface area contributed by atoms with E-state index in [1.54, 1.807) is 14.0 Å². The van der Waals surface area contributed by atoms with Gasteiger partial charge in [-0.15, -0.1) is 0 Å². The minimum Gasteiger partial charge on any atom is -0.351 e. The first kappa shape index (κ1) is 24.0. The lowest BCUT2D eigenvalue weighted by atomic mass is 9.95. The van der Waals surface area contributed by atoms with E-state index in [0.717, 1.165) is 31.2 Å². The largest absolute Gasteiger partial charge is 0.351 e. The lowest BCUT2D eigenvalue weighted by Crippen LogP contribution is -2.63. The Morgan fingerprint density at radius 2 is 1.79 bits per heavy atom. The van der Waals surface area contributed by atoms with E-state index in [4.69, 9.17) is 0 Å². The summed E-state index contributed by atoms with van der Waals surface area (Å²) >= 11 is 0. The summed E-state index contributed by atoms with van der Waals surface area (Å²) in [4.78, 5) is 40.6. The molecule has 4 rings (SSSR count). The van der Waals surface area contributed by atoms with Crippen LogP contribution in [0.15, 0.2) is 30.3 Å². The molecule has 2 heterocycles. The Bertz CT molecular complexity index is 1050. The van der Waals surface area contributed by atoms with Gasteiger partial charge >= 0.3 is 0 Å². The molecule has 3 amide bonds. The van der Waals surface area contributed by atoms with Crippen molar-refractivity contribution in [3.63, 3.8) is 0 Å². The van der Waals surface area contributed by atoms with Gasteiger partial charge in [-0.1, -0.05) is 55.5 Å². The molecule has 1 saturated carbocycles. The number of nitrogens with zero attached hydrogens (tertiary/aromatic N) is 3. The molecule has 8 nitrogen and oxygen atoms in total. The molecule has 1 fully saturated rings. The summed E-state index contributed by atoms with van der Waals surface area (Å²) in [5.41, 5.74) is 1.78. The Kier molecular flexibility index (Phi) is 7.05. The van der Waals surface area contributed by atoms with Crippen LogP contribution in [0.25, 0.3) is 0 Å². The van der Waals surface area contributed by atoms with Crippen LogP contribution in [0.4, 0.5) is 0 Å². The fourth-order valence-corrected chi connectivity index (χ4v) is 4.77. The Hall–Kier alpha value is -3.16. The van der Waals surface area contributed by atoms with Crippen molar-refractivity contribution in [2.75, 3.05) is 13.6 Å². The molecule has 1 aromatic carbocycles. The first-order valence-electron chi connectivity index (χ1n) is 12.3. The summed E-state index contributed by atoms with van der Waals surface area (Å²) in [6.07, 6.45) is 7.28. The minimum atomic E-state index is -1.07. The van der Waals surface area contributed by atoms with Gasteiger partial charge in [0.05, 0.1) is 6.54 Å². The number of likely N-dealkylation sites (N-methyl/N-ethyl adjacent to an activating group) is 1. The average molecular weight is 466 g/mol. The molecule has 182 valence electrons. The van der Waals surface area contributed by atoms with Gasteiger partial charge in [0.25, 0.3) is 11.8 Å². The van der Waals surface area contributed by atoms with Crippen LogP contribution in [0.3, 0.4) is 0 Å². The van der Waals surface area contributed by atoms with Gasteiger partial charge in [-0.25, -0.2) is 0 Å². The third-order valence-electron chi connectivity index (χ3n) is 7.23. The Labute approximate surface area is 201 Å². The smallest absolute Gasteiger partial charge is 0.272 e. The predicted octanol–water partition coefficient (Wildman–Crippen LogP) is 2.85. The van der Waals surface area contributed by atoms with Crippen LogP contribution < -0.4 is 10.6 Å². The van der Waals surface area contributed by atoms with Crippen LogP contribution in [0.2, 0.25) is 0 Å². The number of carbonyl (C=O) groups is 3. The normalized spacial score (nSPS) is 21.0. The average Bonchev–Trinajstić information content (AvgIpc) is 3.07. The third-order valence-corrected chi connectivity index (χ3v) is 7.23. The zero-order chi connectivity index (χ0) is 24.3. The highest BCUT2D eigenvalue weighted by atomic mass is 16.2. The van der Waals surface area contributed by atoms with E-state index in [0.29, 0.717) is 18.7 Å². The SMILES string of the molecule is Cc1ccc(CCNC(=O)c2cc3n(n2)C[C@@](C)(C(=O)NC2CCCCCC2)N(C)C3=O)cc1. The van der Waals surface area contributed by atoms with Crippen molar-refractivity contribution in [2.45, 2.75) is 76.9 Å². The van der Waals surface area contributed by atoms with Crippen molar-refractivity contribution in [1.82, 2.24) is 25.3 Å². The maximum Gasteiger partial charge on any atom is 0.272 e. The number of aryl methyl sites for hydroxylation is 1. The molecule has 34 heavy (non-hydrogen) atoms. The fourth-order valence-electron chi connectivity index (χ4n) is 4.77. The molecule has 1 aromatic heterocycles. The molecule has 2 N–H and O–H groups in total. The van der Waals surface area contributed by atoms with Gasteiger partial charge in [0.15, 0.2) is 5.69 Å². The first-order valence-corrected chi connectivity index (χ1v) is 12.3. The maximum atomic E-state index is 13.3. The second-order valence-corrected chi connectivity index (χ2v) is 9.86. The van der Waals surface area contributed by atoms with Gasteiger partial charge in [0, 0.05) is 25.7 Å². The van der Waals surface area contributed by atoms with Crippen LogP contribution >= 0.6 is 0 Å². The summed E-state index contributed by atoms with van der Waals surface area (Å²) in [6.45, 7) is 4.48. The molecule has 1 aliphatic heterocycles. The maximum absolute atomic E-state index is 13.3. The molecular formula is C26H35N5O3. The van der Waals surface area contributed by atoms with Crippen LogP contribution in [0, 0.1) is 6.92 Å². The van der Waals surface area contributed by atoms with Gasteiger partial charge in [-0.2, -0.15) is 5.10 Å². The van der Waals surface area contributed by atoms with E-state index in [-0.39, 0.29) is 36.0 Å². The van der Waals surface area contributed by atoms with Crippen molar-refractivity contribution in [3.05, 3.63) is 52.8 Å². The molecule has 2 aliphatic rings. The van der Waals surface area contributed by atoms with Crippen LogP contribution in [0.1, 0.15) is 77.6 Å². The number of benzene rings is 1. The minimum absolute atomic E-state index is 0.143. The molecule has 0 radical (unpaired) electrons. The monoisotopic (exact) mass is 465 g/mol. The molecule has 1 aliphatic carbocycles. The lowest BCUT2D eigenvalue weighted by Gasteiger charge is -2.41. The zero-order valence-corrected chi connectivity index (χ0v) is 20.4. The number of rotatable bonds is 6. The van der Waals surface area contributed by atoms with Gasteiger partial charge in [0.1, 0.15) is 11.2 Å². The molecule has 2 aromatic rings. The van der Waals surface area contributed by atoms with Crippen molar-refractivity contribution >= 4 is 17.7 Å². The first-order chi connectivity index (χ1) is 16.3. The Morgan fingerprint density at radius 3 is 2.47 bits per heavy atom.